The van der Waals surface area contributed by atoms with E-state index in [1.165, 1.54) is 33.7 Å². The van der Waals surface area contributed by atoms with Crippen LogP contribution in [0.3, 0.4) is 0 Å². The van der Waals surface area contributed by atoms with E-state index in [1.54, 1.807) is 11.4 Å². The van der Waals surface area contributed by atoms with Crippen LogP contribution in [0.5, 0.6) is 0 Å². The molecule has 0 amide bonds. The lowest BCUT2D eigenvalue weighted by atomic mass is 9.74. The van der Waals surface area contributed by atoms with Gasteiger partial charge >= 0.3 is 0 Å². The Labute approximate surface area is 215 Å². The summed E-state index contributed by atoms with van der Waals surface area (Å²) in [5.74, 6) is 0.945. The molecular formula is C30H38N2O3S. The van der Waals surface area contributed by atoms with Gasteiger partial charge in [-0.1, -0.05) is 31.2 Å². The van der Waals surface area contributed by atoms with Crippen molar-refractivity contribution in [3.8, 4) is 0 Å². The van der Waals surface area contributed by atoms with Gasteiger partial charge in [-0.2, -0.15) is 0 Å². The minimum absolute atomic E-state index is 0.0104. The second kappa shape index (κ2) is 8.78. The molecule has 2 unspecified atom stereocenters. The first-order valence-electron chi connectivity index (χ1n) is 13.6. The minimum Gasteiger partial charge on any atom is -0.359 e. The number of pyridine rings is 1. The molecule has 5 atom stereocenters. The van der Waals surface area contributed by atoms with Crippen LogP contribution in [0.4, 0.5) is 0 Å². The van der Waals surface area contributed by atoms with E-state index in [9.17, 15) is 8.42 Å². The second-order valence-corrected chi connectivity index (χ2v) is 13.8. The Hall–Kier alpha value is -2.02. The molecule has 4 aliphatic rings. The molecule has 3 heterocycles. The van der Waals surface area contributed by atoms with Gasteiger partial charge < -0.3 is 4.74 Å². The van der Waals surface area contributed by atoms with E-state index in [-0.39, 0.29) is 17.2 Å². The van der Waals surface area contributed by atoms with Crippen LogP contribution < -0.4 is 0 Å². The number of nitrogens with zero attached hydrogens (tertiary/aromatic N) is 2. The molecular weight excluding hydrogens is 468 g/mol. The van der Waals surface area contributed by atoms with E-state index in [2.05, 4.69) is 48.3 Å². The third kappa shape index (κ3) is 3.97. The summed E-state index contributed by atoms with van der Waals surface area (Å²) in [6.45, 7) is 2.38. The van der Waals surface area contributed by atoms with Gasteiger partial charge in [0.25, 0.3) is 0 Å². The molecule has 1 saturated carbocycles. The highest BCUT2D eigenvalue weighted by Crippen LogP contribution is 2.59. The summed E-state index contributed by atoms with van der Waals surface area (Å²) in [6, 6.07) is 8.98. The third-order valence-electron chi connectivity index (χ3n) is 9.79. The van der Waals surface area contributed by atoms with E-state index in [0.29, 0.717) is 11.8 Å². The second-order valence-electron chi connectivity index (χ2n) is 11.7. The number of rotatable bonds is 3. The van der Waals surface area contributed by atoms with Crippen LogP contribution in [0.15, 0.2) is 60.0 Å². The van der Waals surface area contributed by atoms with Gasteiger partial charge in [-0.25, -0.2) is 12.7 Å². The predicted molar refractivity (Wildman–Crippen MR) is 144 cm³/mol. The van der Waals surface area contributed by atoms with Crippen molar-refractivity contribution in [3.05, 3.63) is 65.5 Å². The van der Waals surface area contributed by atoms with E-state index in [1.807, 2.05) is 12.4 Å². The van der Waals surface area contributed by atoms with Gasteiger partial charge in [0.15, 0.2) is 0 Å². The summed E-state index contributed by atoms with van der Waals surface area (Å²) in [6.07, 6.45) is 19.1. The van der Waals surface area contributed by atoms with Gasteiger partial charge in [0.2, 0.25) is 10.0 Å². The third-order valence-corrected chi connectivity index (χ3v) is 11.1. The molecule has 1 aromatic carbocycles. The molecule has 192 valence electrons. The lowest BCUT2D eigenvalue weighted by Gasteiger charge is -2.49. The zero-order valence-corrected chi connectivity index (χ0v) is 22.6. The van der Waals surface area contributed by atoms with Crippen molar-refractivity contribution in [2.75, 3.05) is 13.3 Å². The van der Waals surface area contributed by atoms with Gasteiger partial charge in [-0.15, -0.1) is 0 Å². The number of sulfonamides is 1. The zero-order valence-electron chi connectivity index (χ0n) is 21.7. The molecule has 1 saturated heterocycles. The Morgan fingerprint density at radius 2 is 1.94 bits per heavy atom. The maximum Gasteiger partial charge on any atom is 0.211 e. The summed E-state index contributed by atoms with van der Waals surface area (Å²) in [5, 5.41) is 2.47. The summed E-state index contributed by atoms with van der Waals surface area (Å²) >= 11 is 0. The average molecular weight is 507 g/mol. The van der Waals surface area contributed by atoms with Crippen molar-refractivity contribution in [2.24, 2.45) is 5.92 Å². The van der Waals surface area contributed by atoms with Crippen molar-refractivity contribution < 1.29 is 13.2 Å². The lowest BCUT2D eigenvalue weighted by molar-refractivity contribution is -0.113. The predicted octanol–water partition coefficient (Wildman–Crippen LogP) is 6.13. The van der Waals surface area contributed by atoms with Crippen molar-refractivity contribution in [2.45, 2.75) is 87.9 Å². The number of benzene rings is 1. The molecule has 6 rings (SSSR count). The zero-order chi connectivity index (χ0) is 25.1. The van der Waals surface area contributed by atoms with Crippen molar-refractivity contribution in [3.63, 3.8) is 0 Å². The Morgan fingerprint density at radius 3 is 2.78 bits per heavy atom. The number of fused-ring (bicyclic) bond motifs is 1. The molecule has 2 aromatic rings. The standard InChI is InChI=1S/C30H38N2O3S/c1-21-7-8-22(24-10-9-23-13-16-31-20-25(23)17-24)5-4-6-27-18-26-11-12-28(32(2)36(3,33)34)19-29(26)14-15-30(21,27)35-29/h6,9-10,13,16-18,20-22,28H,4-5,7-8,11-12,14-15,19H2,1-3H3/b27-6-/t21-,22?,28?,29+,30-/m0/s1. The van der Waals surface area contributed by atoms with Crippen molar-refractivity contribution in [1.82, 2.24) is 9.29 Å². The number of hydrogen-bond donors (Lipinski definition) is 0. The molecule has 36 heavy (non-hydrogen) atoms. The monoisotopic (exact) mass is 506 g/mol. The van der Waals surface area contributed by atoms with Gasteiger partial charge in [0, 0.05) is 30.9 Å². The molecule has 2 bridgehead atoms. The van der Waals surface area contributed by atoms with Crippen LogP contribution in [0, 0.1) is 5.92 Å². The van der Waals surface area contributed by atoms with Crippen LogP contribution in [0.2, 0.25) is 0 Å². The van der Waals surface area contributed by atoms with Crippen molar-refractivity contribution in [1.29, 1.82) is 0 Å². The van der Waals surface area contributed by atoms with Crippen LogP contribution in [0.25, 0.3) is 10.8 Å². The molecule has 0 N–H and O–H groups in total. The Balaban J connectivity index is 1.28. The van der Waals surface area contributed by atoms with E-state index >= 15 is 0 Å². The van der Waals surface area contributed by atoms with Crippen molar-refractivity contribution >= 4 is 20.8 Å². The molecule has 2 aliphatic heterocycles. The molecule has 2 fully saturated rings. The van der Waals surface area contributed by atoms with E-state index in [4.69, 9.17) is 4.74 Å². The Bertz CT molecular complexity index is 1350. The highest BCUT2D eigenvalue weighted by Gasteiger charge is 2.59. The molecule has 1 aromatic heterocycles. The van der Waals surface area contributed by atoms with Gasteiger partial charge in [0.1, 0.15) is 0 Å². The summed E-state index contributed by atoms with van der Waals surface area (Å²) < 4.78 is 33.3. The first-order valence-corrected chi connectivity index (χ1v) is 15.4. The minimum atomic E-state index is -3.22. The highest BCUT2D eigenvalue weighted by molar-refractivity contribution is 7.88. The highest BCUT2D eigenvalue weighted by atomic mass is 32.2. The van der Waals surface area contributed by atoms with Gasteiger partial charge in [-0.05, 0) is 104 Å². The normalized spacial score (nSPS) is 36.2. The maximum atomic E-state index is 12.3. The summed E-state index contributed by atoms with van der Waals surface area (Å²) in [5.41, 5.74) is 3.66. The molecule has 2 spiro atoms. The van der Waals surface area contributed by atoms with Crippen LogP contribution in [0.1, 0.15) is 76.2 Å². The maximum absolute atomic E-state index is 12.3. The number of allylic oxidation sites excluding steroid dienone is 1. The Morgan fingerprint density at radius 1 is 1.08 bits per heavy atom. The van der Waals surface area contributed by atoms with Crippen LogP contribution >= 0.6 is 0 Å². The quantitative estimate of drug-likeness (QED) is 0.503. The number of hydrogen-bond acceptors (Lipinski definition) is 4. The lowest BCUT2D eigenvalue weighted by Crippen LogP contribution is -2.52. The Kier molecular flexibility index (Phi) is 5.93. The summed E-state index contributed by atoms with van der Waals surface area (Å²) in [4.78, 5) is 4.33. The fraction of sp³-hybridized carbons (Fsp3) is 0.567. The first-order chi connectivity index (χ1) is 17.2. The smallest absolute Gasteiger partial charge is 0.211 e. The number of aromatic nitrogens is 1. The fourth-order valence-corrected chi connectivity index (χ4v) is 8.21. The van der Waals surface area contributed by atoms with Gasteiger partial charge in [0.05, 0.1) is 17.5 Å². The largest absolute Gasteiger partial charge is 0.359 e. The molecule has 0 radical (unpaired) electrons. The molecule has 5 nitrogen and oxygen atoms in total. The fourth-order valence-electron chi connectivity index (χ4n) is 7.49. The van der Waals surface area contributed by atoms with E-state index in [0.717, 1.165) is 57.8 Å². The SMILES string of the molecule is C[C@H]1CCC(c2ccc3ccncc3c2)CC/C=C2/C=C3CCC(N(C)S(C)(=O)=O)C[C@]34CC[C@@]21O4. The van der Waals surface area contributed by atoms with Gasteiger partial charge in [-0.3, -0.25) is 4.98 Å². The van der Waals surface area contributed by atoms with E-state index < -0.39 is 10.0 Å². The first kappa shape index (κ1) is 24.3. The number of ether oxygens (including phenoxy) is 1. The van der Waals surface area contributed by atoms with Crippen LogP contribution in [-0.2, 0) is 14.8 Å². The average Bonchev–Trinajstić information content (AvgIpc) is 3.21. The van der Waals surface area contributed by atoms with Crippen LogP contribution in [-0.4, -0.2) is 48.3 Å². The molecule has 6 heteroatoms. The molecule has 2 aliphatic carbocycles. The summed E-state index contributed by atoms with van der Waals surface area (Å²) in [7, 11) is -1.48. The topological polar surface area (TPSA) is 59.5 Å².